The summed E-state index contributed by atoms with van der Waals surface area (Å²) in [4.78, 5) is 23.0. The van der Waals surface area contributed by atoms with Crippen molar-refractivity contribution in [1.82, 2.24) is 5.32 Å². The van der Waals surface area contributed by atoms with Crippen LogP contribution in [0.25, 0.3) is 0 Å². The number of carbonyl (C=O) groups is 2. The van der Waals surface area contributed by atoms with Crippen molar-refractivity contribution in [3.8, 4) is 0 Å². The molecular weight excluding hydrogens is 230 g/mol. The summed E-state index contributed by atoms with van der Waals surface area (Å²) in [6.45, 7) is 11.9. The minimum absolute atomic E-state index is 0.0504. The Morgan fingerprint density at radius 2 is 1.72 bits per heavy atom. The van der Waals surface area contributed by atoms with Crippen LogP contribution < -0.4 is 5.32 Å². The normalized spacial score (nSPS) is 13.3. The van der Waals surface area contributed by atoms with Crippen molar-refractivity contribution in [2.75, 3.05) is 6.54 Å². The number of carbonyl (C=O) groups excluding carboxylic acids is 2. The van der Waals surface area contributed by atoms with Gasteiger partial charge in [0.1, 0.15) is 0 Å². The van der Waals surface area contributed by atoms with Gasteiger partial charge in [-0.3, -0.25) is 9.59 Å². The Hall–Kier alpha value is -1.06. The molecule has 106 valence electrons. The monoisotopic (exact) mass is 257 g/mol. The maximum absolute atomic E-state index is 11.6. The maximum atomic E-state index is 11.6. The molecule has 18 heavy (non-hydrogen) atoms. The summed E-state index contributed by atoms with van der Waals surface area (Å²) in [7, 11) is 0. The van der Waals surface area contributed by atoms with E-state index in [2.05, 4.69) is 19.2 Å². The van der Waals surface area contributed by atoms with Crippen molar-refractivity contribution in [3.05, 3.63) is 0 Å². The van der Waals surface area contributed by atoms with E-state index in [4.69, 9.17) is 4.74 Å². The quantitative estimate of drug-likeness (QED) is 0.744. The van der Waals surface area contributed by atoms with E-state index in [1.54, 1.807) is 0 Å². The summed E-state index contributed by atoms with van der Waals surface area (Å²) < 4.78 is 5.24. The zero-order chi connectivity index (χ0) is 14.3. The number of nitrogens with one attached hydrogen (secondary N) is 1. The number of rotatable bonds is 6. The predicted octanol–water partition coefficient (Wildman–Crippen LogP) is 2.52. The molecular formula is C14H27NO3. The largest absolute Gasteiger partial charge is 0.463 e. The van der Waals surface area contributed by atoms with Gasteiger partial charge in [-0.1, -0.05) is 34.6 Å². The first-order chi connectivity index (χ1) is 8.12. The Kier molecular flexibility index (Phi) is 6.96. The fraction of sp³-hybridized carbons (Fsp3) is 0.857. The van der Waals surface area contributed by atoms with Crippen LogP contribution >= 0.6 is 0 Å². The highest BCUT2D eigenvalue weighted by molar-refractivity contribution is 5.81. The zero-order valence-electron chi connectivity index (χ0n) is 12.5. The standard InChI is InChI=1S/C14H27NO3/c1-10(2)9-11(3)18-12(16)7-8-15-13(17)14(4,5)6/h10-11H,7-9H2,1-6H3,(H,15,17)/t11-/m1/s1. The van der Waals surface area contributed by atoms with Crippen molar-refractivity contribution in [3.63, 3.8) is 0 Å². The van der Waals surface area contributed by atoms with Crippen LogP contribution in [0.3, 0.4) is 0 Å². The second-order valence-electron chi connectivity index (χ2n) is 6.19. The molecule has 0 unspecified atom stereocenters. The van der Waals surface area contributed by atoms with Gasteiger partial charge in [-0.25, -0.2) is 0 Å². The topological polar surface area (TPSA) is 55.4 Å². The molecule has 0 aliphatic heterocycles. The molecule has 0 rings (SSSR count). The molecule has 0 heterocycles. The lowest BCUT2D eigenvalue weighted by Crippen LogP contribution is -2.36. The summed E-state index contributed by atoms with van der Waals surface area (Å²) in [5.74, 6) is 0.205. The molecule has 0 aromatic rings. The van der Waals surface area contributed by atoms with Crippen molar-refractivity contribution in [1.29, 1.82) is 0 Å². The second kappa shape index (κ2) is 7.39. The van der Waals surface area contributed by atoms with Crippen LogP contribution in [-0.2, 0) is 14.3 Å². The molecule has 0 aliphatic carbocycles. The molecule has 0 saturated carbocycles. The molecule has 1 amide bonds. The highest BCUT2D eigenvalue weighted by Gasteiger charge is 2.20. The third-order valence-corrected chi connectivity index (χ3v) is 2.43. The van der Waals surface area contributed by atoms with Gasteiger partial charge >= 0.3 is 5.97 Å². The van der Waals surface area contributed by atoms with Gasteiger partial charge in [-0.2, -0.15) is 0 Å². The van der Waals surface area contributed by atoms with Crippen molar-refractivity contribution >= 4 is 11.9 Å². The summed E-state index contributed by atoms with van der Waals surface area (Å²) >= 11 is 0. The number of ether oxygens (including phenoxy) is 1. The molecule has 0 fully saturated rings. The van der Waals surface area contributed by atoms with E-state index in [1.807, 2.05) is 27.7 Å². The first kappa shape index (κ1) is 16.9. The number of esters is 1. The van der Waals surface area contributed by atoms with Crippen LogP contribution in [-0.4, -0.2) is 24.5 Å². The highest BCUT2D eigenvalue weighted by atomic mass is 16.5. The van der Waals surface area contributed by atoms with Crippen LogP contribution in [0, 0.1) is 11.3 Å². The molecule has 0 aliphatic rings. The molecule has 0 spiro atoms. The molecule has 0 saturated heterocycles. The molecule has 4 nitrogen and oxygen atoms in total. The van der Waals surface area contributed by atoms with Crippen LogP contribution in [0.2, 0.25) is 0 Å². The molecule has 0 bridgehead atoms. The van der Waals surface area contributed by atoms with E-state index < -0.39 is 5.41 Å². The SMILES string of the molecule is CC(C)C[C@@H](C)OC(=O)CCNC(=O)C(C)(C)C. The van der Waals surface area contributed by atoms with E-state index in [9.17, 15) is 9.59 Å². The summed E-state index contributed by atoms with van der Waals surface area (Å²) in [5, 5.41) is 2.73. The molecule has 4 heteroatoms. The van der Waals surface area contributed by atoms with E-state index in [0.29, 0.717) is 12.5 Å². The number of hydrogen-bond acceptors (Lipinski definition) is 3. The van der Waals surface area contributed by atoms with Gasteiger partial charge in [-0.15, -0.1) is 0 Å². The van der Waals surface area contributed by atoms with Gasteiger partial charge in [-0.05, 0) is 19.3 Å². The Labute approximate surface area is 110 Å². The van der Waals surface area contributed by atoms with E-state index in [1.165, 1.54) is 0 Å². The van der Waals surface area contributed by atoms with E-state index >= 15 is 0 Å². The first-order valence-corrected chi connectivity index (χ1v) is 6.60. The van der Waals surface area contributed by atoms with Gasteiger partial charge in [0.05, 0.1) is 12.5 Å². The predicted molar refractivity (Wildman–Crippen MR) is 72.1 cm³/mol. The second-order valence-corrected chi connectivity index (χ2v) is 6.19. The fourth-order valence-corrected chi connectivity index (χ4v) is 1.54. The third-order valence-electron chi connectivity index (χ3n) is 2.43. The Balaban J connectivity index is 3.82. The van der Waals surface area contributed by atoms with E-state index in [0.717, 1.165) is 6.42 Å². The summed E-state index contributed by atoms with van der Waals surface area (Å²) in [5.41, 5.74) is -0.422. The summed E-state index contributed by atoms with van der Waals surface area (Å²) in [6.07, 6.45) is 1.03. The van der Waals surface area contributed by atoms with Crippen LogP contribution in [0.15, 0.2) is 0 Å². The van der Waals surface area contributed by atoms with Gasteiger partial charge in [0.2, 0.25) is 5.91 Å². The molecule has 1 atom stereocenters. The van der Waals surface area contributed by atoms with Crippen molar-refractivity contribution in [2.24, 2.45) is 11.3 Å². The lowest BCUT2D eigenvalue weighted by molar-refractivity contribution is -0.148. The van der Waals surface area contributed by atoms with Crippen LogP contribution in [0.1, 0.15) is 54.4 Å². The maximum Gasteiger partial charge on any atom is 0.307 e. The molecule has 0 aromatic heterocycles. The van der Waals surface area contributed by atoms with Gasteiger partial charge in [0, 0.05) is 12.0 Å². The smallest absolute Gasteiger partial charge is 0.307 e. The Morgan fingerprint density at radius 1 is 1.17 bits per heavy atom. The Bertz CT molecular complexity index is 279. The zero-order valence-corrected chi connectivity index (χ0v) is 12.5. The van der Waals surface area contributed by atoms with Gasteiger partial charge < -0.3 is 10.1 Å². The average molecular weight is 257 g/mol. The average Bonchev–Trinajstić information content (AvgIpc) is 2.13. The van der Waals surface area contributed by atoms with Crippen molar-refractivity contribution < 1.29 is 14.3 Å². The van der Waals surface area contributed by atoms with Gasteiger partial charge in [0.25, 0.3) is 0 Å². The highest BCUT2D eigenvalue weighted by Crippen LogP contribution is 2.12. The van der Waals surface area contributed by atoms with E-state index in [-0.39, 0.29) is 24.4 Å². The molecule has 0 aromatic carbocycles. The lowest BCUT2D eigenvalue weighted by atomic mass is 9.96. The molecule has 1 N–H and O–H groups in total. The Morgan fingerprint density at radius 3 is 2.17 bits per heavy atom. The first-order valence-electron chi connectivity index (χ1n) is 6.60. The van der Waals surface area contributed by atoms with Crippen molar-refractivity contribution in [2.45, 2.75) is 60.5 Å². The lowest BCUT2D eigenvalue weighted by Gasteiger charge is -2.18. The number of hydrogen-bond donors (Lipinski definition) is 1. The number of amides is 1. The fourth-order valence-electron chi connectivity index (χ4n) is 1.54. The van der Waals surface area contributed by atoms with Crippen LogP contribution in [0.4, 0.5) is 0 Å². The third kappa shape index (κ3) is 8.09. The minimum Gasteiger partial charge on any atom is -0.463 e. The summed E-state index contributed by atoms with van der Waals surface area (Å²) in [6, 6.07) is 0. The molecule has 0 radical (unpaired) electrons. The van der Waals surface area contributed by atoms with Gasteiger partial charge in [0.15, 0.2) is 0 Å². The minimum atomic E-state index is -0.422. The van der Waals surface area contributed by atoms with Crippen LogP contribution in [0.5, 0.6) is 0 Å².